The molecule has 2 N–H and O–H groups in total. The van der Waals surface area contributed by atoms with Gasteiger partial charge in [-0.25, -0.2) is 0 Å². The number of Topliss-reactive ketones (excluding diaryl/α,β-unsaturated/α-hetero) is 1. The van der Waals surface area contributed by atoms with Crippen LogP contribution in [0.1, 0.15) is 78.7 Å². The van der Waals surface area contributed by atoms with Crippen LogP contribution in [0.2, 0.25) is 0 Å². The molecule has 1 aromatic carbocycles. The van der Waals surface area contributed by atoms with E-state index in [1.165, 1.54) is 0 Å². The summed E-state index contributed by atoms with van der Waals surface area (Å²) in [6, 6.07) is 8.98. The number of ketones is 1. The Balaban J connectivity index is 2.43. The maximum Gasteiger partial charge on any atom is 0.309 e. The molecular weight excluding hydrogens is 394 g/mol. The van der Waals surface area contributed by atoms with Gasteiger partial charge in [0.1, 0.15) is 12.2 Å². The Morgan fingerprint density at radius 2 is 1.65 bits per heavy atom. The van der Waals surface area contributed by atoms with Crippen LogP contribution in [-0.2, 0) is 30.5 Å². The molecule has 0 bridgehead atoms. The number of benzene rings is 1. The predicted molar refractivity (Wildman–Crippen MR) is 121 cm³/mol. The highest BCUT2D eigenvalue weighted by atomic mass is 16.6. The number of esters is 2. The van der Waals surface area contributed by atoms with Crippen LogP contribution in [0.25, 0.3) is 0 Å². The molecule has 0 aliphatic heterocycles. The highest BCUT2D eigenvalue weighted by Crippen LogP contribution is 2.21. The second-order valence-corrected chi connectivity index (χ2v) is 9.42. The first-order valence-corrected chi connectivity index (χ1v) is 11.2. The minimum absolute atomic E-state index is 0.0219. The van der Waals surface area contributed by atoms with Gasteiger partial charge in [-0.1, -0.05) is 57.0 Å². The molecule has 6 heteroatoms. The third kappa shape index (κ3) is 11.7. The minimum atomic E-state index is -0.610. The van der Waals surface area contributed by atoms with Gasteiger partial charge in [-0.15, -0.1) is 0 Å². The van der Waals surface area contributed by atoms with E-state index in [9.17, 15) is 14.4 Å². The maximum absolute atomic E-state index is 12.6. The van der Waals surface area contributed by atoms with E-state index in [1.807, 2.05) is 65.0 Å². The summed E-state index contributed by atoms with van der Waals surface area (Å²) in [5.74, 6) is -1.20. The van der Waals surface area contributed by atoms with Gasteiger partial charge in [-0.3, -0.25) is 14.4 Å². The zero-order valence-corrected chi connectivity index (χ0v) is 19.7. The first-order valence-electron chi connectivity index (χ1n) is 11.2. The Labute approximate surface area is 186 Å². The average molecular weight is 434 g/mol. The van der Waals surface area contributed by atoms with E-state index in [4.69, 9.17) is 15.2 Å². The van der Waals surface area contributed by atoms with Crippen LogP contribution in [0, 0.1) is 11.8 Å². The predicted octanol–water partition coefficient (Wildman–Crippen LogP) is 4.58. The molecule has 0 heterocycles. The van der Waals surface area contributed by atoms with Gasteiger partial charge in [0.15, 0.2) is 5.78 Å². The molecular formula is C25H39NO5. The van der Waals surface area contributed by atoms with Gasteiger partial charge in [0.25, 0.3) is 0 Å². The highest BCUT2D eigenvalue weighted by Gasteiger charge is 2.29. The number of rotatable bonds is 13. The molecule has 0 amide bonds. The summed E-state index contributed by atoms with van der Waals surface area (Å²) < 4.78 is 10.8. The fraction of sp³-hybridized carbons (Fsp3) is 0.640. The van der Waals surface area contributed by atoms with E-state index >= 15 is 0 Å². The average Bonchev–Trinajstić information content (AvgIpc) is 2.69. The quantitative estimate of drug-likeness (QED) is 0.361. The van der Waals surface area contributed by atoms with Crippen molar-refractivity contribution in [2.24, 2.45) is 17.6 Å². The largest absolute Gasteiger partial charge is 0.461 e. The van der Waals surface area contributed by atoms with E-state index in [2.05, 4.69) is 0 Å². The molecule has 0 aromatic heterocycles. The van der Waals surface area contributed by atoms with Gasteiger partial charge in [0.2, 0.25) is 0 Å². The second kappa shape index (κ2) is 13.3. The van der Waals surface area contributed by atoms with Crippen LogP contribution < -0.4 is 5.73 Å². The van der Waals surface area contributed by atoms with Gasteiger partial charge in [-0.05, 0) is 45.1 Å². The summed E-state index contributed by atoms with van der Waals surface area (Å²) in [4.78, 5) is 36.9. The Bertz CT molecular complexity index is 694. The van der Waals surface area contributed by atoms with Crippen LogP contribution in [0.15, 0.2) is 30.3 Å². The fourth-order valence-electron chi connectivity index (χ4n) is 3.09. The molecule has 31 heavy (non-hydrogen) atoms. The topological polar surface area (TPSA) is 95.7 Å². The minimum Gasteiger partial charge on any atom is -0.461 e. The zero-order chi connectivity index (χ0) is 23.4. The highest BCUT2D eigenvalue weighted by molar-refractivity contribution is 5.88. The first kappa shape index (κ1) is 26.8. The van der Waals surface area contributed by atoms with Crippen molar-refractivity contribution in [1.82, 2.24) is 0 Å². The molecule has 0 saturated heterocycles. The van der Waals surface area contributed by atoms with Crippen molar-refractivity contribution >= 4 is 17.7 Å². The molecule has 6 nitrogen and oxygen atoms in total. The van der Waals surface area contributed by atoms with Crippen molar-refractivity contribution in [3.05, 3.63) is 35.9 Å². The van der Waals surface area contributed by atoms with E-state index in [-0.39, 0.29) is 36.7 Å². The van der Waals surface area contributed by atoms with Gasteiger partial charge < -0.3 is 15.2 Å². The molecule has 0 aliphatic carbocycles. The van der Waals surface area contributed by atoms with Gasteiger partial charge in [0, 0.05) is 12.8 Å². The molecule has 0 spiro atoms. The van der Waals surface area contributed by atoms with Crippen molar-refractivity contribution in [2.45, 2.75) is 91.4 Å². The van der Waals surface area contributed by atoms with Crippen LogP contribution in [0.3, 0.4) is 0 Å². The third-order valence-corrected chi connectivity index (χ3v) is 4.95. The molecule has 0 fully saturated rings. The SMILES string of the molecule is CC(C)[C@H](N)C(=O)C[C@@H](CCCCCC(=O)OCc1ccccc1)C(=O)OC(C)(C)C. The van der Waals surface area contributed by atoms with Gasteiger partial charge in [0.05, 0.1) is 12.0 Å². The van der Waals surface area contributed by atoms with Gasteiger partial charge in [-0.2, -0.15) is 0 Å². The van der Waals surface area contributed by atoms with Crippen molar-refractivity contribution < 1.29 is 23.9 Å². The maximum atomic E-state index is 12.6. The lowest BCUT2D eigenvalue weighted by Gasteiger charge is -2.25. The van der Waals surface area contributed by atoms with Crippen LogP contribution in [-0.4, -0.2) is 29.4 Å². The lowest BCUT2D eigenvalue weighted by atomic mass is 9.90. The zero-order valence-electron chi connectivity index (χ0n) is 19.7. The third-order valence-electron chi connectivity index (χ3n) is 4.95. The van der Waals surface area contributed by atoms with Crippen LogP contribution in [0.5, 0.6) is 0 Å². The number of carbonyl (C=O) groups is 3. The van der Waals surface area contributed by atoms with Crippen LogP contribution in [0.4, 0.5) is 0 Å². The number of hydrogen-bond donors (Lipinski definition) is 1. The van der Waals surface area contributed by atoms with Crippen molar-refractivity contribution in [3.8, 4) is 0 Å². The lowest BCUT2D eigenvalue weighted by Crippen LogP contribution is -2.38. The number of nitrogens with two attached hydrogens (primary N) is 1. The molecule has 0 saturated carbocycles. The Morgan fingerprint density at radius 1 is 1.00 bits per heavy atom. The summed E-state index contributed by atoms with van der Waals surface area (Å²) in [6.07, 6.45) is 3.12. The van der Waals surface area contributed by atoms with Crippen molar-refractivity contribution in [3.63, 3.8) is 0 Å². The molecule has 1 aromatic rings. The van der Waals surface area contributed by atoms with E-state index in [0.717, 1.165) is 18.4 Å². The summed E-state index contributed by atoms with van der Waals surface area (Å²) >= 11 is 0. The summed E-state index contributed by atoms with van der Waals surface area (Å²) in [5, 5.41) is 0. The molecule has 0 aliphatic rings. The standard InChI is InChI=1S/C25H39NO5/c1-18(2)23(26)21(27)16-20(24(29)31-25(3,4)5)14-10-7-11-15-22(28)30-17-19-12-8-6-9-13-19/h6,8-9,12-13,18,20,23H,7,10-11,14-17,26H2,1-5H3/t20-,23+/m1/s1. The molecule has 0 radical (unpaired) electrons. The van der Waals surface area contributed by atoms with E-state index < -0.39 is 17.6 Å². The lowest BCUT2D eigenvalue weighted by molar-refractivity contribution is -0.161. The van der Waals surface area contributed by atoms with Crippen LogP contribution >= 0.6 is 0 Å². The Hall–Kier alpha value is -2.21. The normalized spacial score (nSPS) is 13.5. The molecule has 1 rings (SSSR count). The molecule has 174 valence electrons. The Kier molecular flexibility index (Phi) is 11.5. The second-order valence-electron chi connectivity index (χ2n) is 9.42. The van der Waals surface area contributed by atoms with Gasteiger partial charge >= 0.3 is 11.9 Å². The molecule has 2 atom stereocenters. The smallest absolute Gasteiger partial charge is 0.309 e. The van der Waals surface area contributed by atoms with E-state index in [0.29, 0.717) is 19.3 Å². The number of ether oxygens (including phenoxy) is 2. The Morgan fingerprint density at radius 3 is 2.23 bits per heavy atom. The number of unbranched alkanes of at least 4 members (excludes halogenated alkanes) is 2. The number of hydrogen-bond acceptors (Lipinski definition) is 6. The summed E-state index contributed by atoms with van der Waals surface area (Å²) in [6.45, 7) is 9.49. The summed E-state index contributed by atoms with van der Waals surface area (Å²) in [5.41, 5.74) is 6.31. The van der Waals surface area contributed by atoms with Crippen molar-refractivity contribution in [2.75, 3.05) is 0 Å². The molecule has 0 unspecified atom stereocenters. The van der Waals surface area contributed by atoms with Crippen molar-refractivity contribution in [1.29, 1.82) is 0 Å². The number of carbonyl (C=O) groups excluding carboxylic acids is 3. The monoisotopic (exact) mass is 433 g/mol. The summed E-state index contributed by atoms with van der Waals surface area (Å²) in [7, 11) is 0. The fourth-order valence-corrected chi connectivity index (χ4v) is 3.09. The first-order chi connectivity index (χ1) is 14.5. The van der Waals surface area contributed by atoms with E-state index in [1.54, 1.807) is 0 Å².